The van der Waals surface area contributed by atoms with Crippen molar-refractivity contribution in [2.45, 2.75) is 39.8 Å². The predicted molar refractivity (Wildman–Crippen MR) is 60.5 cm³/mol. The molecule has 0 amide bonds. The molecule has 0 rings (SSSR count). The van der Waals surface area contributed by atoms with Crippen molar-refractivity contribution in [1.29, 1.82) is 0 Å². The zero-order valence-corrected chi connectivity index (χ0v) is 10.0. The molecule has 0 aromatic carbocycles. The lowest BCUT2D eigenvalue weighted by Gasteiger charge is -2.29. The summed E-state index contributed by atoms with van der Waals surface area (Å²) in [6.45, 7) is 10.6. The highest BCUT2D eigenvalue weighted by atomic mass is 35.5. The Bertz CT molecular complexity index is 79.1. The molecule has 2 nitrogen and oxygen atoms in total. The Morgan fingerprint density at radius 1 is 1.00 bits per heavy atom. The molecule has 0 saturated heterocycles. The molecule has 0 heterocycles. The standard InChI is InChI=1S/C8H20N2.2ClH/c1-7(2)10(6-5-9)8(3)4;;/h7-8H,5-6,9H2,1-4H3;2*1H. The molecule has 4 heteroatoms. The monoisotopic (exact) mass is 216 g/mol. The van der Waals surface area contributed by atoms with Gasteiger partial charge in [0.05, 0.1) is 0 Å². The largest absolute Gasteiger partial charge is 0.329 e. The van der Waals surface area contributed by atoms with E-state index in [0.717, 1.165) is 13.1 Å². The fourth-order valence-corrected chi connectivity index (χ4v) is 1.26. The number of hydrogen-bond donors (Lipinski definition) is 1. The van der Waals surface area contributed by atoms with Crippen molar-refractivity contribution in [2.24, 2.45) is 5.73 Å². The quantitative estimate of drug-likeness (QED) is 0.779. The summed E-state index contributed by atoms with van der Waals surface area (Å²) >= 11 is 0. The van der Waals surface area contributed by atoms with Crippen LogP contribution in [0.5, 0.6) is 0 Å². The van der Waals surface area contributed by atoms with Crippen molar-refractivity contribution >= 4 is 24.8 Å². The van der Waals surface area contributed by atoms with Gasteiger partial charge in [-0.1, -0.05) is 0 Å². The lowest BCUT2D eigenvalue weighted by Crippen LogP contribution is -2.40. The van der Waals surface area contributed by atoms with Gasteiger partial charge in [-0.25, -0.2) is 0 Å². The highest BCUT2D eigenvalue weighted by molar-refractivity contribution is 5.85. The summed E-state index contributed by atoms with van der Waals surface area (Å²) in [5.74, 6) is 0. The van der Waals surface area contributed by atoms with Gasteiger partial charge < -0.3 is 5.73 Å². The van der Waals surface area contributed by atoms with Gasteiger partial charge in [0.25, 0.3) is 0 Å². The summed E-state index contributed by atoms with van der Waals surface area (Å²) in [6.07, 6.45) is 0. The maximum Gasteiger partial charge on any atom is 0.0110 e. The van der Waals surface area contributed by atoms with E-state index >= 15 is 0 Å². The first kappa shape index (κ1) is 18.3. The third-order valence-electron chi connectivity index (χ3n) is 1.71. The summed E-state index contributed by atoms with van der Waals surface area (Å²) in [5.41, 5.74) is 5.46. The Morgan fingerprint density at radius 2 is 1.33 bits per heavy atom. The van der Waals surface area contributed by atoms with E-state index < -0.39 is 0 Å². The number of hydrogen-bond acceptors (Lipinski definition) is 2. The lowest BCUT2D eigenvalue weighted by molar-refractivity contribution is 0.180. The highest BCUT2D eigenvalue weighted by Gasteiger charge is 2.10. The van der Waals surface area contributed by atoms with Crippen LogP contribution < -0.4 is 5.73 Å². The van der Waals surface area contributed by atoms with Crippen molar-refractivity contribution in [3.8, 4) is 0 Å². The van der Waals surface area contributed by atoms with E-state index in [1.807, 2.05) is 0 Å². The molecule has 0 saturated carbocycles. The van der Waals surface area contributed by atoms with Crippen molar-refractivity contribution < 1.29 is 0 Å². The van der Waals surface area contributed by atoms with E-state index in [4.69, 9.17) is 5.73 Å². The topological polar surface area (TPSA) is 29.3 Å². The molecule has 0 aromatic rings. The fraction of sp³-hybridized carbons (Fsp3) is 1.00. The van der Waals surface area contributed by atoms with Gasteiger partial charge in [0, 0.05) is 25.2 Å². The zero-order valence-electron chi connectivity index (χ0n) is 8.41. The third-order valence-corrected chi connectivity index (χ3v) is 1.71. The Hall–Kier alpha value is 0.500. The maximum atomic E-state index is 5.46. The molecule has 0 bridgehead atoms. The van der Waals surface area contributed by atoms with Gasteiger partial charge >= 0.3 is 0 Å². The Morgan fingerprint density at radius 3 is 1.42 bits per heavy atom. The Kier molecular flexibility index (Phi) is 14.6. The molecule has 0 aromatic heterocycles. The molecule has 0 atom stereocenters. The van der Waals surface area contributed by atoms with Crippen molar-refractivity contribution in [3.63, 3.8) is 0 Å². The number of nitrogens with two attached hydrogens (primary N) is 1. The van der Waals surface area contributed by atoms with Crippen LogP contribution in [0.2, 0.25) is 0 Å². The SMILES string of the molecule is CC(C)N(CCN)C(C)C.Cl.Cl. The molecule has 78 valence electrons. The second-order valence-corrected chi connectivity index (χ2v) is 3.21. The minimum Gasteiger partial charge on any atom is -0.329 e. The first-order valence-corrected chi connectivity index (χ1v) is 4.05. The molecule has 0 fully saturated rings. The average molecular weight is 217 g/mol. The van der Waals surface area contributed by atoms with E-state index in [9.17, 15) is 0 Å². The van der Waals surface area contributed by atoms with Crippen molar-refractivity contribution in [3.05, 3.63) is 0 Å². The van der Waals surface area contributed by atoms with Crippen LogP contribution in [0, 0.1) is 0 Å². The summed E-state index contributed by atoms with van der Waals surface area (Å²) < 4.78 is 0. The van der Waals surface area contributed by atoms with Gasteiger partial charge in [-0.3, -0.25) is 4.90 Å². The van der Waals surface area contributed by atoms with E-state index in [-0.39, 0.29) is 24.8 Å². The second-order valence-electron chi connectivity index (χ2n) is 3.21. The molecule has 0 aliphatic heterocycles. The molecule has 0 aliphatic carbocycles. The number of halogens is 2. The smallest absolute Gasteiger partial charge is 0.0110 e. The molecule has 0 aliphatic rings. The van der Waals surface area contributed by atoms with Crippen LogP contribution in [0.3, 0.4) is 0 Å². The lowest BCUT2D eigenvalue weighted by atomic mass is 10.2. The second kappa shape index (κ2) is 9.59. The molecule has 12 heavy (non-hydrogen) atoms. The molecule has 2 N–H and O–H groups in total. The van der Waals surface area contributed by atoms with Crippen LogP contribution in [0.1, 0.15) is 27.7 Å². The third kappa shape index (κ3) is 7.17. The Balaban J connectivity index is -0.000000405. The molecular weight excluding hydrogens is 195 g/mol. The predicted octanol–water partition coefficient (Wildman–Crippen LogP) is 1.91. The number of rotatable bonds is 4. The maximum absolute atomic E-state index is 5.46. The first-order valence-electron chi connectivity index (χ1n) is 4.05. The molecular formula is C8H22Cl2N2. The van der Waals surface area contributed by atoms with Gasteiger partial charge in [-0.2, -0.15) is 0 Å². The van der Waals surface area contributed by atoms with E-state index in [2.05, 4.69) is 32.6 Å². The molecule has 0 spiro atoms. The van der Waals surface area contributed by atoms with Crippen LogP contribution in [0.25, 0.3) is 0 Å². The van der Waals surface area contributed by atoms with Gasteiger partial charge in [0.1, 0.15) is 0 Å². The fourth-order valence-electron chi connectivity index (χ4n) is 1.26. The van der Waals surface area contributed by atoms with Crippen LogP contribution >= 0.6 is 24.8 Å². The van der Waals surface area contributed by atoms with Crippen LogP contribution in [0.4, 0.5) is 0 Å². The van der Waals surface area contributed by atoms with Crippen LogP contribution in [0.15, 0.2) is 0 Å². The van der Waals surface area contributed by atoms with E-state index in [1.54, 1.807) is 0 Å². The summed E-state index contributed by atoms with van der Waals surface area (Å²) in [4.78, 5) is 2.39. The summed E-state index contributed by atoms with van der Waals surface area (Å²) in [5, 5.41) is 0. The van der Waals surface area contributed by atoms with Gasteiger partial charge in [-0.05, 0) is 27.7 Å². The van der Waals surface area contributed by atoms with Crippen LogP contribution in [-0.4, -0.2) is 30.1 Å². The molecule has 0 radical (unpaired) electrons. The summed E-state index contributed by atoms with van der Waals surface area (Å²) in [6, 6.07) is 1.23. The highest BCUT2D eigenvalue weighted by Crippen LogP contribution is 2.02. The minimum absolute atomic E-state index is 0. The van der Waals surface area contributed by atoms with E-state index in [0.29, 0.717) is 12.1 Å². The molecule has 0 unspecified atom stereocenters. The van der Waals surface area contributed by atoms with Crippen molar-refractivity contribution in [1.82, 2.24) is 4.90 Å². The van der Waals surface area contributed by atoms with Gasteiger partial charge in [-0.15, -0.1) is 24.8 Å². The minimum atomic E-state index is 0. The van der Waals surface area contributed by atoms with Gasteiger partial charge in [0.15, 0.2) is 0 Å². The average Bonchev–Trinajstić information content (AvgIpc) is 1.81. The summed E-state index contributed by atoms with van der Waals surface area (Å²) in [7, 11) is 0. The zero-order chi connectivity index (χ0) is 8.15. The normalized spacial score (nSPS) is 10.0. The van der Waals surface area contributed by atoms with E-state index in [1.165, 1.54) is 0 Å². The first-order chi connectivity index (χ1) is 4.59. The van der Waals surface area contributed by atoms with Gasteiger partial charge in [0.2, 0.25) is 0 Å². The Labute approximate surface area is 88.7 Å². The number of nitrogens with zero attached hydrogens (tertiary/aromatic N) is 1. The van der Waals surface area contributed by atoms with Crippen LogP contribution in [-0.2, 0) is 0 Å². The van der Waals surface area contributed by atoms with Crippen molar-refractivity contribution in [2.75, 3.05) is 13.1 Å².